The number of hydrogen-bond acceptors (Lipinski definition) is 4. The minimum Gasteiger partial charge on any atom is -0.710 e. The van der Waals surface area contributed by atoms with Crippen molar-refractivity contribution < 1.29 is 14.3 Å². The third kappa shape index (κ3) is 2.84. The maximum atomic E-state index is 12.3. The predicted octanol–water partition coefficient (Wildman–Crippen LogP) is 2.59. The fourth-order valence-electron chi connectivity index (χ4n) is 2.56. The molecule has 0 saturated carbocycles. The van der Waals surface area contributed by atoms with E-state index in [9.17, 15) is 10.3 Å². The lowest BCUT2D eigenvalue weighted by molar-refractivity contribution is -0.137. The van der Waals surface area contributed by atoms with Crippen LogP contribution in [-0.4, -0.2) is 31.2 Å². The van der Waals surface area contributed by atoms with Crippen LogP contribution in [0, 0.1) is 5.92 Å². The number of ether oxygens (including phenoxy) is 2. The monoisotopic (exact) mass is 290 g/mol. The molecule has 1 atom stereocenters. The van der Waals surface area contributed by atoms with Crippen LogP contribution in [0.4, 0.5) is 0 Å². The van der Waals surface area contributed by atoms with Gasteiger partial charge in [0, 0.05) is 18.9 Å². The zero-order valence-electron chi connectivity index (χ0n) is 12.8. The maximum Gasteiger partial charge on any atom is 0.227 e. The quantitative estimate of drug-likeness (QED) is 0.800. The van der Waals surface area contributed by atoms with Crippen LogP contribution in [0.3, 0.4) is 0 Å². The van der Waals surface area contributed by atoms with Crippen molar-refractivity contribution in [2.45, 2.75) is 33.0 Å². The van der Waals surface area contributed by atoms with Gasteiger partial charge in [0.25, 0.3) is 0 Å². The standard InChI is InChI=1S/C15H20N3O3/c1-9(2)15(19)18-8-11-6-13(21-4)12(20-3)5-10(11)7-14(18)17-16/h5-6,9,14H,7-8H2,1-4H3/q-1. The Labute approximate surface area is 124 Å². The van der Waals surface area contributed by atoms with Gasteiger partial charge < -0.3 is 25.0 Å². The number of carbonyl (C=O) groups excluding carboxylic acids is 1. The summed E-state index contributed by atoms with van der Waals surface area (Å²) in [6, 6.07) is 3.76. The van der Waals surface area contributed by atoms with Crippen LogP contribution in [0.2, 0.25) is 0 Å². The number of carbonyl (C=O) groups is 1. The molecule has 6 heteroatoms. The molecule has 2 rings (SSSR count). The average Bonchev–Trinajstić information content (AvgIpc) is 2.51. The number of methoxy groups -OCH3 is 2. The molecule has 1 heterocycles. The van der Waals surface area contributed by atoms with Crippen LogP contribution in [0.1, 0.15) is 25.0 Å². The van der Waals surface area contributed by atoms with Gasteiger partial charge in [-0.15, -0.1) is 0 Å². The van der Waals surface area contributed by atoms with Crippen LogP contribution in [0.15, 0.2) is 17.2 Å². The Hall–Kier alpha value is -2.11. The number of hydrogen-bond donors (Lipinski definition) is 0. The van der Waals surface area contributed by atoms with Crippen LogP contribution in [0.25, 0.3) is 5.53 Å². The van der Waals surface area contributed by atoms with Crippen LogP contribution >= 0.6 is 0 Å². The number of rotatable bonds is 4. The van der Waals surface area contributed by atoms with Gasteiger partial charge >= 0.3 is 0 Å². The number of nitrogens with zero attached hydrogens (tertiary/aromatic N) is 3. The second kappa shape index (κ2) is 6.11. The smallest absolute Gasteiger partial charge is 0.227 e. The summed E-state index contributed by atoms with van der Waals surface area (Å²) >= 11 is 0. The van der Waals surface area contributed by atoms with Gasteiger partial charge in [0.05, 0.1) is 14.2 Å². The maximum absolute atomic E-state index is 12.3. The average molecular weight is 290 g/mol. The first kappa shape index (κ1) is 15.3. The van der Waals surface area contributed by atoms with Gasteiger partial charge in [-0.2, -0.15) is 0 Å². The second-order valence-corrected chi connectivity index (χ2v) is 5.40. The highest BCUT2D eigenvalue weighted by atomic mass is 16.5. The summed E-state index contributed by atoms with van der Waals surface area (Å²) in [7, 11) is 3.16. The highest BCUT2D eigenvalue weighted by molar-refractivity contribution is 5.79. The van der Waals surface area contributed by atoms with E-state index in [1.807, 2.05) is 26.0 Å². The molecule has 0 spiro atoms. The van der Waals surface area contributed by atoms with Crippen molar-refractivity contribution in [1.29, 1.82) is 0 Å². The second-order valence-electron chi connectivity index (χ2n) is 5.40. The fourth-order valence-corrected chi connectivity index (χ4v) is 2.56. The summed E-state index contributed by atoms with van der Waals surface area (Å²) in [6.45, 7) is 4.07. The minimum atomic E-state index is -0.550. The summed E-state index contributed by atoms with van der Waals surface area (Å²) in [5, 5.41) is 3.36. The lowest BCUT2D eigenvalue weighted by Crippen LogP contribution is -2.44. The van der Waals surface area contributed by atoms with Crippen molar-refractivity contribution in [1.82, 2.24) is 4.90 Å². The van der Waals surface area contributed by atoms with Gasteiger partial charge in [-0.25, -0.2) is 0 Å². The van der Waals surface area contributed by atoms with E-state index >= 15 is 0 Å². The van der Waals surface area contributed by atoms with E-state index in [-0.39, 0.29) is 11.8 Å². The molecule has 1 unspecified atom stereocenters. The molecule has 0 aliphatic carbocycles. The zero-order valence-corrected chi connectivity index (χ0v) is 12.8. The molecule has 1 amide bonds. The molecular formula is C15H20N3O3-. The van der Waals surface area contributed by atoms with Gasteiger partial charge in [0.15, 0.2) is 11.5 Å². The van der Waals surface area contributed by atoms with Crippen molar-refractivity contribution in [3.8, 4) is 11.5 Å². The molecule has 0 bridgehead atoms. The van der Waals surface area contributed by atoms with Gasteiger partial charge in [-0.3, -0.25) is 4.79 Å². The van der Waals surface area contributed by atoms with Crippen LogP contribution in [0.5, 0.6) is 11.5 Å². The van der Waals surface area contributed by atoms with Crippen LogP contribution < -0.4 is 9.47 Å². The molecular weight excluding hydrogens is 270 g/mol. The lowest BCUT2D eigenvalue weighted by Gasteiger charge is -2.37. The van der Waals surface area contributed by atoms with Gasteiger partial charge in [-0.1, -0.05) is 13.8 Å². The molecule has 0 saturated heterocycles. The molecule has 1 aliphatic heterocycles. The summed E-state index contributed by atoms with van der Waals surface area (Å²) in [4.78, 5) is 13.8. The Balaban J connectivity index is 2.40. The zero-order chi connectivity index (χ0) is 15.6. The molecule has 6 nitrogen and oxygen atoms in total. The molecule has 0 aromatic heterocycles. The summed E-state index contributed by atoms with van der Waals surface area (Å²) in [5.41, 5.74) is 11.2. The molecule has 114 valence electrons. The van der Waals surface area contributed by atoms with Crippen molar-refractivity contribution in [2.24, 2.45) is 11.0 Å². The Kier molecular flexibility index (Phi) is 4.45. The van der Waals surface area contributed by atoms with E-state index in [1.54, 1.807) is 19.1 Å². The largest absolute Gasteiger partial charge is 0.710 e. The number of amides is 1. The Morgan fingerprint density at radius 1 is 1.29 bits per heavy atom. The molecule has 1 aromatic rings. The van der Waals surface area contributed by atoms with Gasteiger partial charge in [-0.05, 0) is 23.3 Å². The Morgan fingerprint density at radius 3 is 2.33 bits per heavy atom. The van der Waals surface area contributed by atoms with Crippen molar-refractivity contribution >= 4 is 5.91 Å². The van der Waals surface area contributed by atoms with Gasteiger partial charge in [0.1, 0.15) is 6.17 Å². The van der Waals surface area contributed by atoms with Crippen molar-refractivity contribution in [2.75, 3.05) is 14.2 Å². The topological polar surface area (TPSA) is 73.4 Å². The van der Waals surface area contributed by atoms with Crippen molar-refractivity contribution in [3.05, 3.63) is 28.8 Å². The molecule has 1 aromatic carbocycles. The van der Waals surface area contributed by atoms with E-state index in [2.05, 4.69) is 5.11 Å². The minimum absolute atomic E-state index is 0.0294. The molecule has 0 fully saturated rings. The third-order valence-corrected chi connectivity index (χ3v) is 3.72. The highest BCUT2D eigenvalue weighted by Crippen LogP contribution is 2.35. The molecule has 0 radical (unpaired) electrons. The molecule has 21 heavy (non-hydrogen) atoms. The van der Waals surface area contributed by atoms with E-state index in [1.165, 1.54) is 0 Å². The Bertz CT molecular complexity index is 557. The van der Waals surface area contributed by atoms with Gasteiger partial charge in [0.2, 0.25) is 5.91 Å². The van der Waals surface area contributed by atoms with E-state index < -0.39 is 6.17 Å². The molecule has 1 aliphatic rings. The Morgan fingerprint density at radius 2 is 1.86 bits per heavy atom. The van der Waals surface area contributed by atoms with Crippen molar-refractivity contribution in [3.63, 3.8) is 0 Å². The lowest BCUT2D eigenvalue weighted by atomic mass is 9.95. The van der Waals surface area contributed by atoms with E-state index in [0.29, 0.717) is 24.5 Å². The summed E-state index contributed by atoms with van der Waals surface area (Å²) < 4.78 is 10.6. The first-order chi connectivity index (χ1) is 10.0. The number of benzene rings is 1. The predicted molar refractivity (Wildman–Crippen MR) is 78.2 cm³/mol. The summed E-state index contributed by atoms with van der Waals surface area (Å²) in [6.07, 6.45) is -0.0875. The molecule has 0 N–H and O–H groups in total. The number of fused-ring (bicyclic) bond motifs is 1. The first-order valence-corrected chi connectivity index (χ1v) is 6.90. The van der Waals surface area contributed by atoms with E-state index in [0.717, 1.165) is 11.1 Å². The third-order valence-electron chi connectivity index (χ3n) is 3.72. The van der Waals surface area contributed by atoms with E-state index in [4.69, 9.17) is 9.47 Å². The normalized spacial score (nSPS) is 17.4. The fraction of sp³-hybridized carbons (Fsp3) is 0.533. The summed E-state index contributed by atoms with van der Waals surface area (Å²) in [5.74, 6) is 1.10. The SMILES string of the molecule is COc1cc2c(cc1OC)CN(C(=O)C(C)C)C(N=[N-])C2. The first-order valence-electron chi connectivity index (χ1n) is 6.90. The van der Waals surface area contributed by atoms with Crippen LogP contribution in [-0.2, 0) is 17.8 Å². The highest BCUT2D eigenvalue weighted by Gasteiger charge is 2.30.